The van der Waals surface area contributed by atoms with E-state index in [1.165, 1.54) is 0 Å². The number of pyridine rings is 1. The topological polar surface area (TPSA) is 118 Å². The molecule has 0 saturated heterocycles. The highest BCUT2D eigenvalue weighted by Gasteiger charge is 2.18. The first-order valence-corrected chi connectivity index (χ1v) is 8.63. The Hall–Kier alpha value is -3.88. The third-order valence-electron chi connectivity index (χ3n) is 4.42. The Balaban J connectivity index is 1.82. The van der Waals surface area contributed by atoms with E-state index in [-0.39, 0.29) is 18.1 Å². The minimum atomic E-state index is -0.709. The summed E-state index contributed by atoms with van der Waals surface area (Å²) in [6, 6.07) is 9.33. The third kappa shape index (κ3) is 3.25. The van der Waals surface area contributed by atoms with Gasteiger partial charge in [-0.3, -0.25) is 15.2 Å². The molecule has 2 aromatic rings. The molecule has 3 heterocycles. The smallest absolute Gasteiger partial charge is 0.317 e. The Bertz CT molecular complexity index is 1280. The van der Waals surface area contributed by atoms with Crippen molar-refractivity contribution in [2.75, 3.05) is 5.43 Å². The van der Waals surface area contributed by atoms with Crippen LogP contribution in [0.5, 0.6) is 0 Å². The second kappa shape index (κ2) is 7.03. The number of fused-ring (bicyclic) bond motifs is 2. The van der Waals surface area contributed by atoms with Gasteiger partial charge in [0.1, 0.15) is 5.82 Å². The van der Waals surface area contributed by atoms with Gasteiger partial charge in [-0.1, -0.05) is 6.07 Å². The fourth-order valence-corrected chi connectivity index (χ4v) is 2.90. The summed E-state index contributed by atoms with van der Waals surface area (Å²) in [6.07, 6.45) is 3.28. The zero-order chi connectivity index (χ0) is 19.7. The van der Waals surface area contributed by atoms with Crippen molar-refractivity contribution in [3.8, 4) is 11.5 Å². The molecule has 1 aromatic heterocycles. The van der Waals surface area contributed by atoms with Crippen LogP contribution in [-0.2, 0) is 6.54 Å². The molecule has 0 aliphatic carbocycles. The number of rotatable bonds is 4. The fourth-order valence-electron chi connectivity index (χ4n) is 2.90. The maximum atomic E-state index is 12.2. The van der Waals surface area contributed by atoms with Crippen molar-refractivity contribution >= 4 is 23.1 Å². The van der Waals surface area contributed by atoms with E-state index in [1.54, 1.807) is 23.0 Å². The van der Waals surface area contributed by atoms with Gasteiger partial charge in [0.2, 0.25) is 0 Å². The Kier molecular flexibility index (Phi) is 4.40. The highest BCUT2D eigenvalue weighted by atomic mass is 16.2. The molecule has 2 aliphatic rings. The second-order valence-electron chi connectivity index (χ2n) is 6.33. The highest BCUT2D eigenvalue weighted by molar-refractivity contribution is 5.82. The van der Waals surface area contributed by atoms with Crippen LogP contribution in [0.3, 0.4) is 0 Å². The summed E-state index contributed by atoms with van der Waals surface area (Å²) in [5.41, 5.74) is 5.21. The molecular formula is C19H17N7O2. The van der Waals surface area contributed by atoms with Crippen molar-refractivity contribution in [2.45, 2.75) is 20.4 Å². The van der Waals surface area contributed by atoms with Gasteiger partial charge in [-0.25, -0.2) is 14.8 Å². The monoisotopic (exact) mass is 375 g/mol. The van der Waals surface area contributed by atoms with E-state index in [0.29, 0.717) is 11.3 Å². The minimum Gasteiger partial charge on any atom is -0.317 e. The molecule has 28 heavy (non-hydrogen) atoms. The van der Waals surface area contributed by atoms with Crippen LogP contribution in [0.1, 0.15) is 11.1 Å². The molecule has 0 amide bonds. The predicted octanol–water partition coefficient (Wildman–Crippen LogP) is 1.69. The Morgan fingerprint density at radius 2 is 2.00 bits per heavy atom. The molecule has 0 radical (unpaired) electrons. The number of nitrogens with zero attached hydrogens (tertiary/aromatic N) is 5. The summed E-state index contributed by atoms with van der Waals surface area (Å²) in [4.78, 5) is 38.7. The number of hydrazone groups is 1. The number of aromatic nitrogens is 5. The van der Waals surface area contributed by atoms with Gasteiger partial charge < -0.3 is 4.57 Å². The third-order valence-corrected chi connectivity index (χ3v) is 4.42. The van der Waals surface area contributed by atoms with E-state index in [0.717, 1.165) is 16.6 Å². The van der Waals surface area contributed by atoms with Gasteiger partial charge in [0.25, 0.3) is 5.56 Å². The first kappa shape index (κ1) is 17.5. The summed E-state index contributed by atoms with van der Waals surface area (Å²) < 4.78 is 1.75. The summed E-state index contributed by atoms with van der Waals surface area (Å²) in [5.74, 6) is 0.824. The quantitative estimate of drug-likeness (QED) is 0.318. The molecule has 0 fully saturated rings. The lowest BCUT2D eigenvalue weighted by molar-refractivity contribution is 0.836. The number of H-pyrrole nitrogens is 1. The number of benzene rings is 1. The molecule has 4 rings (SSSR count). The Morgan fingerprint density at radius 3 is 2.79 bits per heavy atom. The van der Waals surface area contributed by atoms with E-state index in [2.05, 4.69) is 30.5 Å². The first-order chi connectivity index (χ1) is 13.5. The van der Waals surface area contributed by atoms with E-state index >= 15 is 0 Å². The van der Waals surface area contributed by atoms with Crippen LogP contribution in [-0.4, -0.2) is 30.7 Å². The van der Waals surface area contributed by atoms with Crippen LogP contribution in [0.4, 0.5) is 5.82 Å². The highest BCUT2D eigenvalue weighted by Crippen LogP contribution is 2.23. The van der Waals surface area contributed by atoms with Crippen molar-refractivity contribution in [3.05, 3.63) is 68.5 Å². The van der Waals surface area contributed by atoms with Crippen LogP contribution < -0.4 is 16.7 Å². The summed E-state index contributed by atoms with van der Waals surface area (Å²) in [7, 11) is 0. The van der Waals surface area contributed by atoms with Crippen LogP contribution in [0.25, 0.3) is 22.6 Å². The van der Waals surface area contributed by atoms with Gasteiger partial charge in [-0.2, -0.15) is 10.1 Å². The maximum absolute atomic E-state index is 12.2. The van der Waals surface area contributed by atoms with Gasteiger partial charge in [0.05, 0.1) is 17.6 Å². The van der Waals surface area contributed by atoms with Crippen molar-refractivity contribution in [2.24, 2.45) is 5.10 Å². The number of nitrogens with one attached hydrogen (secondary N) is 2. The molecule has 0 atom stereocenters. The molecule has 0 spiro atoms. The van der Waals surface area contributed by atoms with Crippen LogP contribution in [0.2, 0.25) is 0 Å². The predicted molar refractivity (Wildman–Crippen MR) is 107 cm³/mol. The molecule has 2 aliphatic heterocycles. The zero-order valence-electron chi connectivity index (χ0n) is 15.3. The molecule has 1 aromatic carbocycles. The van der Waals surface area contributed by atoms with Crippen molar-refractivity contribution in [3.63, 3.8) is 0 Å². The summed E-state index contributed by atoms with van der Waals surface area (Å²) in [5, 5.41) is 4.16. The zero-order valence-corrected chi connectivity index (χ0v) is 15.3. The summed E-state index contributed by atoms with van der Waals surface area (Å²) in [6.45, 7) is 4.25. The Labute approximate surface area is 159 Å². The van der Waals surface area contributed by atoms with Gasteiger partial charge in [-0.05, 0) is 49.2 Å². The van der Waals surface area contributed by atoms with Crippen molar-refractivity contribution < 1.29 is 0 Å². The van der Waals surface area contributed by atoms with Crippen LogP contribution >= 0.6 is 0 Å². The van der Waals surface area contributed by atoms with Gasteiger partial charge in [-0.15, -0.1) is 0 Å². The molecule has 140 valence electrons. The molecule has 2 N–H and O–H groups in total. The first-order valence-electron chi connectivity index (χ1n) is 8.63. The average Bonchev–Trinajstić information content (AvgIpc) is 2.67. The van der Waals surface area contributed by atoms with E-state index in [4.69, 9.17) is 0 Å². The van der Waals surface area contributed by atoms with Crippen LogP contribution in [0, 0.1) is 13.8 Å². The average molecular weight is 375 g/mol. The largest absolute Gasteiger partial charge is 0.349 e. The standard InChI is InChI=1S/C19H17N7O2/c1-11-9-13-14(10-12(11)2)26(8-7-21-25-15-5-3-4-6-20-15)17-16(22-13)18(27)24-19(28)23-17/h3-7,9-10H,8H2,1-2H3,(H,20,25)(H,24,27,28)/b21-7+. The normalized spacial score (nSPS) is 11.5. The van der Waals surface area contributed by atoms with Gasteiger partial charge in [0.15, 0.2) is 11.5 Å². The lowest BCUT2D eigenvalue weighted by Crippen LogP contribution is -2.29. The van der Waals surface area contributed by atoms with Crippen LogP contribution in [0.15, 0.2) is 51.2 Å². The maximum Gasteiger partial charge on any atom is 0.349 e. The lowest BCUT2D eigenvalue weighted by Gasteiger charge is -2.16. The molecule has 9 nitrogen and oxygen atoms in total. The summed E-state index contributed by atoms with van der Waals surface area (Å²) >= 11 is 0. The number of hydrogen-bond acceptors (Lipinski definition) is 7. The van der Waals surface area contributed by atoms with Crippen molar-refractivity contribution in [1.82, 2.24) is 24.5 Å². The van der Waals surface area contributed by atoms with E-state index < -0.39 is 11.2 Å². The number of anilines is 1. The Morgan fingerprint density at radius 1 is 1.18 bits per heavy atom. The van der Waals surface area contributed by atoms with Gasteiger partial charge in [0, 0.05) is 12.4 Å². The molecule has 0 bridgehead atoms. The fraction of sp³-hybridized carbons (Fsp3) is 0.158. The van der Waals surface area contributed by atoms with Crippen molar-refractivity contribution in [1.29, 1.82) is 0 Å². The number of hydrogen-bond donors (Lipinski definition) is 2. The van der Waals surface area contributed by atoms with Gasteiger partial charge >= 0.3 is 5.69 Å². The molecule has 9 heteroatoms. The number of aryl methyl sites for hydroxylation is 2. The lowest BCUT2D eigenvalue weighted by atomic mass is 10.1. The SMILES string of the molecule is Cc1cc2nc3c(=O)[nH]c(=O)nc-3n(C/C=N/Nc3ccccn3)c2cc1C. The molecular weight excluding hydrogens is 358 g/mol. The minimum absolute atomic E-state index is 0.112. The number of aromatic amines is 1. The molecule has 0 unspecified atom stereocenters. The molecule has 0 saturated carbocycles. The van der Waals surface area contributed by atoms with E-state index in [9.17, 15) is 9.59 Å². The second-order valence-corrected chi connectivity index (χ2v) is 6.33. The van der Waals surface area contributed by atoms with E-state index in [1.807, 2.05) is 38.1 Å².